The first-order valence-corrected chi connectivity index (χ1v) is 9.41. The molecule has 0 aromatic carbocycles. The van der Waals surface area contributed by atoms with Crippen LogP contribution in [0.1, 0.15) is 12.0 Å². The fourth-order valence-electron chi connectivity index (χ4n) is 3.07. The molecular weight excluding hydrogens is 334 g/mol. The lowest BCUT2D eigenvalue weighted by molar-refractivity contribution is 0.0391. The summed E-state index contributed by atoms with van der Waals surface area (Å²) in [5, 5.41) is 6.33. The summed E-state index contributed by atoms with van der Waals surface area (Å²) in [7, 11) is 0. The Bertz CT molecular complexity index is 757. The van der Waals surface area contributed by atoms with Gasteiger partial charge in [-0.25, -0.2) is 9.97 Å². The minimum atomic E-state index is 0.161. The molecular formula is C18H21N5OS. The molecule has 3 aromatic rings. The molecule has 0 aliphatic carbocycles. The number of ether oxygens (including phenoxy) is 1. The predicted octanol–water partition coefficient (Wildman–Crippen LogP) is 2.69. The third-order valence-corrected chi connectivity index (χ3v) is 5.10. The number of thiophene rings is 1. The summed E-state index contributed by atoms with van der Waals surface area (Å²) in [6, 6.07) is 6.01. The zero-order valence-electron chi connectivity index (χ0n) is 14.0. The summed E-state index contributed by atoms with van der Waals surface area (Å²) in [6.07, 6.45) is 8.88. The van der Waals surface area contributed by atoms with Crippen molar-refractivity contribution in [3.8, 4) is 10.7 Å². The van der Waals surface area contributed by atoms with Gasteiger partial charge in [-0.05, 0) is 23.9 Å². The number of aromatic nitrogens is 4. The maximum atomic E-state index is 5.98. The highest BCUT2D eigenvalue weighted by atomic mass is 32.1. The molecule has 0 unspecified atom stereocenters. The third-order valence-electron chi connectivity index (χ3n) is 4.24. The first-order valence-electron chi connectivity index (χ1n) is 8.53. The second kappa shape index (κ2) is 7.86. The molecule has 1 aliphatic rings. The third kappa shape index (κ3) is 4.31. The van der Waals surface area contributed by atoms with E-state index in [9.17, 15) is 0 Å². The second-order valence-corrected chi connectivity index (χ2v) is 7.15. The Labute approximate surface area is 151 Å². The number of hydrogen-bond acceptors (Lipinski definition) is 6. The fourth-order valence-corrected chi connectivity index (χ4v) is 3.74. The smallest absolute Gasteiger partial charge is 0.169 e. The lowest BCUT2D eigenvalue weighted by Crippen LogP contribution is -2.34. The number of hydrogen-bond donors (Lipinski definition) is 0. The van der Waals surface area contributed by atoms with Gasteiger partial charge in [0.2, 0.25) is 0 Å². The molecule has 0 saturated carbocycles. The van der Waals surface area contributed by atoms with Gasteiger partial charge >= 0.3 is 0 Å². The minimum absolute atomic E-state index is 0.161. The molecule has 7 heteroatoms. The van der Waals surface area contributed by atoms with Crippen LogP contribution >= 0.6 is 11.3 Å². The Morgan fingerprint density at radius 2 is 2.16 bits per heavy atom. The van der Waals surface area contributed by atoms with Crippen LogP contribution < -0.4 is 0 Å². The summed E-state index contributed by atoms with van der Waals surface area (Å²) in [5.41, 5.74) is 1.14. The van der Waals surface area contributed by atoms with Crippen molar-refractivity contribution >= 4 is 11.3 Å². The standard InChI is InChI=1S/C18H21N5OS/c1-4-17(25-9-1)18-19-10-15(11-20-18)12-22-6-3-8-24-16(13-22)14-23-7-2-5-21-23/h1-2,4-5,7,9-11,16H,3,6,8,12-14H2/t16-/m0/s1. The molecule has 4 heterocycles. The summed E-state index contributed by atoms with van der Waals surface area (Å²) in [6.45, 7) is 4.37. The Morgan fingerprint density at radius 1 is 1.24 bits per heavy atom. The molecule has 130 valence electrons. The normalized spacial score (nSPS) is 19.0. The van der Waals surface area contributed by atoms with Gasteiger partial charge in [0.25, 0.3) is 0 Å². The van der Waals surface area contributed by atoms with Gasteiger partial charge in [-0.2, -0.15) is 5.10 Å². The second-order valence-electron chi connectivity index (χ2n) is 6.20. The van der Waals surface area contributed by atoms with Crippen LogP contribution in [0.15, 0.2) is 48.4 Å². The molecule has 0 spiro atoms. The van der Waals surface area contributed by atoms with Crippen molar-refractivity contribution in [3.05, 3.63) is 53.9 Å². The quantitative estimate of drug-likeness (QED) is 0.704. The first kappa shape index (κ1) is 16.4. The summed E-state index contributed by atoms with van der Waals surface area (Å²) in [4.78, 5) is 12.6. The maximum absolute atomic E-state index is 5.98. The topological polar surface area (TPSA) is 56.1 Å². The Hall–Kier alpha value is -2.09. The predicted molar refractivity (Wildman–Crippen MR) is 97.2 cm³/mol. The molecule has 3 aromatic heterocycles. The van der Waals surface area contributed by atoms with Gasteiger partial charge in [0, 0.05) is 56.6 Å². The van der Waals surface area contributed by atoms with Crippen molar-refractivity contribution in [2.45, 2.75) is 25.6 Å². The molecule has 1 atom stereocenters. The molecule has 0 amide bonds. The van der Waals surface area contributed by atoms with Gasteiger partial charge in [-0.3, -0.25) is 9.58 Å². The molecule has 4 rings (SSSR count). The van der Waals surface area contributed by atoms with Gasteiger partial charge in [-0.1, -0.05) is 6.07 Å². The van der Waals surface area contributed by atoms with Gasteiger partial charge in [0.1, 0.15) is 0 Å². The molecule has 0 N–H and O–H groups in total. The van der Waals surface area contributed by atoms with E-state index in [0.717, 1.165) is 55.5 Å². The highest BCUT2D eigenvalue weighted by Crippen LogP contribution is 2.20. The molecule has 1 aliphatic heterocycles. The molecule has 1 fully saturated rings. The van der Waals surface area contributed by atoms with Crippen molar-refractivity contribution in [1.82, 2.24) is 24.6 Å². The zero-order chi connectivity index (χ0) is 16.9. The van der Waals surface area contributed by atoms with Crippen LogP contribution in [0.3, 0.4) is 0 Å². The fraction of sp³-hybridized carbons (Fsp3) is 0.389. The van der Waals surface area contributed by atoms with E-state index < -0.39 is 0 Å². The molecule has 1 saturated heterocycles. The summed E-state index contributed by atoms with van der Waals surface area (Å²) in [5.74, 6) is 0.800. The van der Waals surface area contributed by atoms with Gasteiger partial charge in [-0.15, -0.1) is 11.3 Å². The highest BCUT2D eigenvalue weighted by molar-refractivity contribution is 7.13. The monoisotopic (exact) mass is 355 g/mol. The van der Waals surface area contributed by atoms with Gasteiger partial charge < -0.3 is 4.74 Å². The van der Waals surface area contributed by atoms with E-state index in [4.69, 9.17) is 4.74 Å². The van der Waals surface area contributed by atoms with E-state index in [0.29, 0.717) is 0 Å². The largest absolute Gasteiger partial charge is 0.375 e. The number of nitrogens with zero attached hydrogens (tertiary/aromatic N) is 5. The van der Waals surface area contributed by atoms with E-state index in [1.807, 2.05) is 46.9 Å². The van der Waals surface area contributed by atoms with E-state index >= 15 is 0 Å². The van der Waals surface area contributed by atoms with Crippen molar-refractivity contribution < 1.29 is 4.74 Å². The van der Waals surface area contributed by atoms with Crippen LogP contribution in [-0.4, -0.2) is 50.4 Å². The van der Waals surface area contributed by atoms with Gasteiger partial charge in [0.15, 0.2) is 5.82 Å². The van der Waals surface area contributed by atoms with Crippen molar-refractivity contribution in [1.29, 1.82) is 0 Å². The van der Waals surface area contributed by atoms with Crippen LogP contribution in [0.4, 0.5) is 0 Å². The van der Waals surface area contributed by atoms with Crippen LogP contribution in [0.5, 0.6) is 0 Å². The van der Waals surface area contributed by atoms with Crippen LogP contribution in [-0.2, 0) is 17.8 Å². The SMILES string of the molecule is c1csc(-c2ncc(CN3CCCO[C@H](Cn4cccn4)C3)cn2)c1. The van der Waals surface area contributed by atoms with E-state index in [1.54, 1.807) is 17.5 Å². The van der Waals surface area contributed by atoms with Crippen molar-refractivity contribution in [3.63, 3.8) is 0 Å². The van der Waals surface area contributed by atoms with Crippen molar-refractivity contribution in [2.75, 3.05) is 19.7 Å². The van der Waals surface area contributed by atoms with Crippen molar-refractivity contribution in [2.24, 2.45) is 0 Å². The minimum Gasteiger partial charge on any atom is -0.375 e. The van der Waals surface area contributed by atoms with E-state index in [-0.39, 0.29) is 6.10 Å². The molecule has 25 heavy (non-hydrogen) atoms. The van der Waals surface area contributed by atoms with Crippen LogP contribution in [0.25, 0.3) is 10.7 Å². The lowest BCUT2D eigenvalue weighted by Gasteiger charge is -2.23. The number of rotatable bonds is 5. The van der Waals surface area contributed by atoms with E-state index in [1.165, 1.54) is 0 Å². The highest BCUT2D eigenvalue weighted by Gasteiger charge is 2.19. The summed E-state index contributed by atoms with van der Waals surface area (Å²) >= 11 is 1.66. The maximum Gasteiger partial charge on any atom is 0.169 e. The molecule has 6 nitrogen and oxygen atoms in total. The van der Waals surface area contributed by atoms with Crippen LogP contribution in [0.2, 0.25) is 0 Å². The Morgan fingerprint density at radius 3 is 2.92 bits per heavy atom. The zero-order valence-corrected chi connectivity index (χ0v) is 14.8. The Balaban J connectivity index is 1.38. The van der Waals surface area contributed by atoms with Gasteiger partial charge in [0.05, 0.1) is 17.5 Å². The average Bonchev–Trinajstić information content (AvgIpc) is 3.29. The molecule has 0 bridgehead atoms. The lowest BCUT2D eigenvalue weighted by atomic mass is 10.2. The first-order chi connectivity index (χ1) is 12.4. The summed E-state index contributed by atoms with van der Waals surface area (Å²) < 4.78 is 7.92. The average molecular weight is 355 g/mol. The molecule has 0 radical (unpaired) electrons. The van der Waals surface area contributed by atoms with E-state index in [2.05, 4.69) is 20.0 Å². The Kier molecular flexibility index (Phi) is 5.15. The van der Waals surface area contributed by atoms with Crippen LogP contribution in [0, 0.1) is 0 Å².